The summed E-state index contributed by atoms with van der Waals surface area (Å²) in [5, 5.41) is 0. The molecule has 0 saturated heterocycles. The zero-order valence-corrected chi connectivity index (χ0v) is 12.5. The van der Waals surface area contributed by atoms with Crippen molar-refractivity contribution in [2.45, 2.75) is 54.0 Å². The maximum absolute atomic E-state index is 6.20. The van der Waals surface area contributed by atoms with E-state index in [9.17, 15) is 0 Å². The van der Waals surface area contributed by atoms with Gasteiger partial charge in [0.15, 0.2) is 0 Å². The lowest BCUT2D eigenvalue weighted by atomic mass is 9.70. The number of hydrogen-bond acceptors (Lipinski definition) is 1. The molecule has 1 saturated carbocycles. The van der Waals surface area contributed by atoms with E-state index in [2.05, 4.69) is 48.1 Å². The Hall–Kier alpha value is -0.300. The van der Waals surface area contributed by atoms with Crippen LogP contribution in [0.1, 0.15) is 48.0 Å². The summed E-state index contributed by atoms with van der Waals surface area (Å²) in [5.41, 5.74) is 7.55. The minimum atomic E-state index is 0.424. The third kappa shape index (κ3) is 2.93. The van der Waals surface area contributed by atoms with Gasteiger partial charge >= 0.3 is 0 Å². The molecule has 0 aliphatic heterocycles. The molecular formula is C16H31N. The molecule has 17 heavy (non-hydrogen) atoms. The van der Waals surface area contributed by atoms with E-state index < -0.39 is 0 Å². The van der Waals surface area contributed by atoms with Crippen molar-refractivity contribution in [1.29, 1.82) is 0 Å². The molecule has 0 aromatic carbocycles. The molecule has 0 amide bonds. The fraction of sp³-hybridized carbons (Fsp3) is 0.875. The highest BCUT2D eigenvalue weighted by atomic mass is 14.8. The van der Waals surface area contributed by atoms with Crippen molar-refractivity contribution in [3.05, 3.63) is 12.2 Å². The third-order valence-electron chi connectivity index (χ3n) is 4.97. The number of rotatable bonds is 6. The van der Waals surface area contributed by atoms with Gasteiger partial charge in [0.05, 0.1) is 0 Å². The Morgan fingerprint density at radius 2 is 1.76 bits per heavy atom. The zero-order valence-electron chi connectivity index (χ0n) is 12.5. The third-order valence-corrected chi connectivity index (χ3v) is 4.97. The van der Waals surface area contributed by atoms with Crippen LogP contribution in [-0.4, -0.2) is 6.04 Å². The van der Waals surface area contributed by atoms with Gasteiger partial charge in [-0.3, -0.25) is 0 Å². The lowest BCUT2D eigenvalue weighted by molar-refractivity contribution is 0.182. The Morgan fingerprint density at radius 1 is 1.29 bits per heavy atom. The first-order chi connectivity index (χ1) is 7.82. The molecular weight excluding hydrogens is 206 g/mol. The Labute approximate surface area is 108 Å². The van der Waals surface area contributed by atoms with Gasteiger partial charge in [-0.2, -0.15) is 0 Å². The second-order valence-electron chi connectivity index (χ2n) is 6.59. The number of nitrogens with two attached hydrogens (primary N) is 1. The van der Waals surface area contributed by atoms with Crippen molar-refractivity contribution < 1.29 is 0 Å². The van der Waals surface area contributed by atoms with Crippen LogP contribution < -0.4 is 5.73 Å². The highest BCUT2D eigenvalue weighted by Gasteiger charge is 2.52. The van der Waals surface area contributed by atoms with Crippen LogP contribution in [0.25, 0.3) is 0 Å². The first-order valence-corrected chi connectivity index (χ1v) is 7.23. The van der Waals surface area contributed by atoms with Crippen molar-refractivity contribution in [3.63, 3.8) is 0 Å². The molecule has 100 valence electrons. The maximum Gasteiger partial charge on any atom is 0.0102 e. The molecule has 0 bridgehead atoms. The van der Waals surface area contributed by atoms with Crippen molar-refractivity contribution in [2.24, 2.45) is 41.2 Å². The van der Waals surface area contributed by atoms with Gasteiger partial charge in [0.2, 0.25) is 0 Å². The largest absolute Gasteiger partial charge is 0.327 e. The maximum atomic E-state index is 6.20. The average Bonchev–Trinajstić information content (AvgIpc) is 2.81. The smallest absolute Gasteiger partial charge is 0.0102 e. The van der Waals surface area contributed by atoms with Gasteiger partial charge in [-0.25, -0.2) is 0 Å². The van der Waals surface area contributed by atoms with Gasteiger partial charge in [-0.15, -0.1) is 0 Å². The molecule has 1 rings (SSSR count). The molecule has 1 heteroatoms. The van der Waals surface area contributed by atoms with Gasteiger partial charge in [0.25, 0.3) is 0 Å². The van der Waals surface area contributed by atoms with Crippen molar-refractivity contribution in [3.8, 4) is 0 Å². The van der Waals surface area contributed by atoms with Crippen LogP contribution in [0.5, 0.6) is 0 Å². The van der Waals surface area contributed by atoms with E-state index in [-0.39, 0.29) is 0 Å². The zero-order chi connectivity index (χ0) is 13.3. The van der Waals surface area contributed by atoms with E-state index in [0.29, 0.717) is 35.6 Å². The van der Waals surface area contributed by atoms with E-state index in [1.165, 1.54) is 12.0 Å². The van der Waals surface area contributed by atoms with Gasteiger partial charge in [-0.05, 0) is 42.4 Å². The van der Waals surface area contributed by atoms with E-state index in [1.807, 2.05) is 0 Å². The Kier molecular flexibility index (Phi) is 4.83. The lowest BCUT2D eigenvalue weighted by Crippen LogP contribution is -2.30. The molecule has 0 aromatic heterocycles. The second-order valence-corrected chi connectivity index (χ2v) is 6.59. The van der Waals surface area contributed by atoms with E-state index in [1.54, 1.807) is 0 Å². The van der Waals surface area contributed by atoms with Crippen molar-refractivity contribution in [2.75, 3.05) is 0 Å². The first-order valence-electron chi connectivity index (χ1n) is 7.23. The van der Waals surface area contributed by atoms with Crippen LogP contribution in [0.4, 0.5) is 0 Å². The summed E-state index contributed by atoms with van der Waals surface area (Å²) in [5.74, 6) is 4.19. The predicted octanol–water partition coefficient (Wildman–Crippen LogP) is 4.09. The van der Waals surface area contributed by atoms with Crippen LogP contribution in [0.2, 0.25) is 0 Å². The summed E-state index contributed by atoms with van der Waals surface area (Å²) in [6, 6.07) is 0.424. The minimum absolute atomic E-state index is 0.424. The molecule has 0 heterocycles. The van der Waals surface area contributed by atoms with Crippen molar-refractivity contribution in [1.82, 2.24) is 0 Å². The van der Waals surface area contributed by atoms with Crippen LogP contribution >= 0.6 is 0 Å². The summed E-state index contributed by atoms with van der Waals surface area (Å²) in [6.45, 7) is 18.1. The Morgan fingerprint density at radius 3 is 2.00 bits per heavy atom. The fourth-order valence-corrected chi connectivity index (χ4v) is 3.68. The molecule has 1 aliphatic rings. The molecule has 1 aliphatic carbocycles. The minimum Gasteiger partial charge on any atom is -0.327 e. The molecule has 2 N–H and O–H groups in total. The standard InChI is InChI=1S/C16H31N/c1-8-11(6)13(9(2)3)14(10(4)5)15-12(7)16(15)17/h10-16H,2,8,17H2,1,3-7H3. The normalized spacial score (nSPS) is 33.3. The molecule has 6 atom stereocenters. The molecule has 0 spiro atoms. The Bertz CT molecular complexity index is 261. The summed E-state index contributed by atoms with van der Waals surface area (Å²) in [4.78, 5) is 0. The molecule has 0 radical (unpaired) electrons. The van der Waals surface area contributed by atoms with Gasteiger partial charge in [0.1, 0.15) is 0 Å². The van der Waals surface area contributed by atoms with Crippen LogP contribution in [0.3, 0.4) is 0 Å². The molecule has 1 nitrogen and oxygen atoms in total. The summed E-state index contributed by atoms with van der Waals surface area (Å²) in [6.07, 6.45) is 1.23. The molecule has 0 aromatic rings. The van der Waals surface area contributed by atoms with Crippen molar-refractivity contribution >= 4 is 0 Å². The highest BCUT2D eigenvalue weighted by Crippen LogP contribution is 2.51. The van der Waals surface area contributed by atoms with Crippen LogP contribution in [0, 0.1) is 35.5 Å². The van der Waals surface area contributed by atoms with Crippen LogP contribution in [0.15, 0.2) is 12.2 Å². The van der Waals surface area contributed by atoms with E-state index >= 15 is 0 Å². The van der Waals surface area contributed by atoms with Gasteiger partial charge in [0, 0.05) is 6.04 Å². The van der Waals surface area contributed by atoms with Gasteiger partial charge in [-0.1, -0.05) is 53.2 Å². The SMILES string of the molecule is C=C(C)C(C(C)CC)C(C(C)C)C1C(C)C1N. The van der Waals surface area contributed by atoms with E-state index in [0.717, 1.165) is 5.92 Å². The second kappa shape index (κ2) is 5.56. The summed E-state index contributed by atoms with van der Waals surface area (Å²) in [7, 11) is 0. The van der Waals surface area contributed by atoms with E-state index in [4.69, 9.17) is 5.73 Å². The number of hydrogen-bond donors (Lipinski definition) is 1. The van der Waals surface area contributed by atoms with Crippen LogP contribution in [-0.2, 0) is 0 Å². The predicted molar refractivity (Wildman–Crippen MR) is 76.7 cm³/mol. The first kappa shape index (κ1) is 14.8. The summed E-state index contributed by atoms with van der Waals surface area (Å²) >= 11 is 0. The highest BCUT2D eigenvalue weighted by molar-refractivity contribution is 5.10. The Balaban J connectivity index is 2.91. The summed E-state index contributed by atoms with van der Waals surface area (Å²) < 4.78 is 0. The lowest BCUT2D eigenvalue weighted by Gasteiger charge is -2.35. The monoisotopic (exact) mass is 237 g/mol. The van der Waals surface area contributed by atoms with Gasteiger partial charge < -0.3 is 5.73 Å². The topological polar surface area (TPSA) is 26.0 Å². The molecule has 1 fully saturated rings. The quantitative estimate of drug-likeness (QED) is 0.692. The molecule has 6 unspecified atom stereocenters. The average molecular weight is 237 g/mol. The fourth-order valence-electron chi connectivity index (χ4n) is 3.68. The number of allylic oxidation sites excluding steroid dienone is 1.